The SMILES string of the molecule is CCNCC(CC)(CC)C1CCS(=O)(=O)C1. The van der Waals surface area contributed by atoms with Gasteiger partial charge in [0.1, 0.15) is 0 Å². The second-order valence-electron chi connectivity index (χ2n) is 4.95. The fourth-order valence-corrected chi connectivity index (χ4v) is 4.82. The first kappa shape index (κ1) is 14.0. The minimum absolute atomic E-state index is 0.180. The van der Waals surface area contributed by atoms with Gasteiger partial charge in [-0.1, -0.05) is 20.8 Å². The smallest absolute Gasteiger partial charge is 0.150 e. The van der Waals surface area contributed by atoms with Gasteiger partial charge in [-0.3, -0.25) is 0 Å². The van der Waals surface area contributed by atoms with Crippen molar-refractivity contribution in [3.05, 3.63) is 0 Å². The average molecular weight is 247 g/mol. The molecule has 0 aromatic carbocycles. The molecule has 1 saturated heterocycles. The maximum atomic E-state index is 11.6. The molecule has 1 rings (SSSR count). The summed E-state index contributed by atoms with van der Waals surface area (Å²) in [6.45, 7) is 8.39. The van der Waals surface area contributed by atoms with Gasteiger partial charge in [0, 0.05) is 6.54 Å². The van der Waals surface area contributed by atoms with Gasteiger partial charge in [0.15, 0.2) is 9.84 Å². The molecule has 1 heterocycles. The molecule has 0 aromatic rings. The third kappa shape index (κ3) is 2.98. The molecule has 0 aliphatic carbocycles. The van der Waals surface area contributed by atoms with Crippen LogP contribution in [0.2, 0.25) is 0 Å². The van der Waals surface area contributed by atoms with Gasteiger partial charge in [0.25, 0.3) is 0 Å². The van der Waals surface area contributed by atoms with Crippen molar-refractivity contribution in [1.29, 1.82) is 0 Å². The summed E-state index contributed by atoms with van der Waals surface area (Å²) in [4.78, 5) is 0. The standard InChI is InChI=1S/C12H25NO2S/c1-4-12(5-2,10-13-6-3)11-7-8-16(14,15)9-11/h11,13H,4-10H2,1-3H3. The van der Waals surface area contributed by atoms with Gasteiger partial charge in [-0.15, -0.1) is 0 Å². The molecule has 0 aromatic heterocycles. The van der Waals surface area contributed by atoms with Crippen LogP contribution in [0.15, 0.2) is 0 Å². The Morgan fingerprint density at radius 2 is 1.88 bits per heavy atom. The largest absolute Gasteiger partial charge is 0.316 e. The molecule has 0 amide bonds. The van der Waals surface area contributed by atoms with Gasteiger partial charge in [-0.25, -0.2) is 8.42 Å². The highest BCUT2D eigenvalue weighted by Crippen LogP contribution is 2.41. The molecule has 1 fully saturated rings. The van der Waals surface area contributed by atoms with Gasteiger partial charge in [0.05, 0.1) is 11.5 Å². The second-order valence-corrected chi connectivity index (χ2v) is 7.18. The van der Waals surface area contributed by atoms with E-state index in [2.05, 4.69) is 26.1 Å². The highest BCUT2D eigenvalue weighted by Gasteiger charge is 2.41. The Labute approximate surface area is 99.9 Å². The van der Waals surface area contributed by atoms with Crippen molar-refractivity contribution < 1.29 is 8.42 Å². The molecule has 1 aliphatic heterocycles. The summed E-state index contributed by atoms with van der Waals surface area (Å²) in [6.07, 6.45) is 2.99. The van der Waals surface area contributed by atoms with Crippen LogP contribution in [0.25, 0.3) is 0 Å². The van der Waals surface area contributed by atoms with Crippen LogP contribution in [0.3, 0.4) is 0 Å². The van der Waals surface area contributed by atoms with E-state index in [4.69, 9.17) is 0 Å². The predicted molar refractivity (Wildman–Crippen MR) is 68.3 cm³/mol. The fourth-order valence-electron chi connectivity index (χ4n) is 2.87. The summed E-state index contributed by atoms with van der Waals surface area (Å²) in [5.74, 6) is 1.15. The number of rotatable bonds is 6. The van der Waals surface area contributed by atoms with E-state index in [9.17, 15) is 8.42 Å². The average Bonchev–Trinajstić information content (AvgIpc) is 2.62. The lowest BCUT2D eigenvalue weighted by Crippen LogP contribution is -2.40. The van der Waals surface area contributed by atoms with Crippen LogP contribution in [0.5, 0.6) is 0 Å². The topological polar surface area (TPSA) is 46.2 Å². The van der Waals surface area contributed by atoms with Crippen molar-refractivity contribution in [1.82, 2.24) is 5.32 Å². The lowest BCUT2D eigenvalue weighted by atomic mass is 9.71. The second kappa shape index (κ2) is 5.50. The molecule has 0 saturated carbocycles. The first-order chi connectivity index (χ1) is 7.49. The lowest BCUT2D eigenvalue weighted by Gasteiger charge is -2.37. The van der Waals surface area contributed by atoms with Crippen LogP contribution in [-0.2, 0) is 9.84 Å². The summed E-state index contributed by atoms with van der Waals surface area (Å²) in [6, 6.07) is 0. The first-order valence-corrected chi connectivity index (χ1v) is 8.23. The lowest BCUT2D eigenvalue weighted by molar-refractivity contribution is 0.156. The molecule has 0 radical (unpaired) electrons. The van der Waals surface area contributed by atoms with Crippen molar-refractivity contribution in [2.75, 3.05) is 24.6 Å². The summed E-state index contributed by atoms with van der Waals surface area (Å²) in [5, 5.41) is 3.40. The molecule has 1 N–H and O–H groups in total. The van der Waals surface area contributed by atoms with E-state index in [1.54, 1.807) is 0 Å². The zero-order valence-corrected chi connectivity index (χ0v) is 11.6. The van der Waals surface area contributed by atoms with Crippen LogP contribution in [0.4, 0.5) is 0 Å². The van der Waals surface area contributed by atoms with E-state index in [0.717, 1.165) is 32.4 Å². The van der Waals surface area contributed by atoms with Gasteiger partial charge in [-0.05, 0) is 37.1 Å². The molecule has 16 heavy (non-hydrogen) atoms. The quantitative estimate of drug-likeness (QED) is 0.779. The van der Waals surface area contributed by atoms with Crippen LogP contribution in [0, 0.1) is 11.3 Å². The van der Waals surface area contributed by atoms with Crippen LogP contribution in [-0.4, -0.2) is 33.0 Å². The molecular weight excluding hydrogens is 222 g/mol. The van der Waals surface area contributed by atoms with E-state index in [-0.39, 0.29) is 5.41 Å². The Morgan fingerprint density at radius 3 is 2.25 bits per heavy atom. The molecule has 0 bridgehead atoms. The van der Waals surface area contributed by atoms with Crippen LogP contribution in [0.1, 0.15) is 40.0 Å². The Morgan fingerprint density at radius 1 is 1.25 bits per heavy atom. The van der Waals surface area contributed by atoms with Crippen LogP contribution < -0.4 is 5.32 Å². The number of sulfone groups is 1. The van der Waals surface area contributed by atoms with Gasteiger partial charge < -0.3 is 5.32 Å². The molecule has 3 nitrogen and oxygen atoms in total. The van der Waals surface area contributed by atoms with Crippen molar-refractivity contribution in [2.45, 2.75) is 40.0 Å². The molecule has 96 valence electrons. The van der Waals surface area contributed by atoms with Crippen molar-refractivity contribution >= 4 is 9.84 Å². The van der Waals surface area contributed by atoms with Crippen molar-refractivity contribution in [3.8, 4) is 0 Å². The summed E-state index contributed by atoms with van der Waals surface area (Å²) in [5.41, 5.74) is 0.180. The molecular formula is C12H25NO2S. The minimum Gasteiger partial charge on any atom is -0.316 e. The third-order valence-corrected chi connectivity index (χ3v) is 6.00. The maximum absolute atomic E-state index is 11.6. The normalized spacial score (nSPS) is 24.8. The van der Waals surface area contributed by atoms with Crippen molar-refractivity contribution in [2.24, 2.45) is 11.3 Å². The molecule has 0 spiro atoms. The highest BCUT2D eigenvalue weighted by atomic mass is 32.2. The monoisotopic (exact) mass is 247 g/mol. The van der Waals surface area contributed by atoms with E-state index in [1.165, 1.54) is 0 Å². The Kier molecular flexibility index (Phi) is 4.80. The summed E-state index contributed by atoms with van der Waals surface area (Å²) < 4.78 is 23.1. The fraction of sp³-hybridized carbons (Fsp3) is 1.00. The minimum atomic E-state index is -2.75. The number of hydrogen-bond acceptors (Lipinski definition) is 3. The van der Waals surface area contributed by atoms with Crippen molar-refractivity contribution in [3.63, 3.8) is 0 Å². The molecule has 1 aliphatic rings. The number of hydrogen-bond donors (Lipinski definition) is 1. The maximum Gasteiger partial charge on any atom is 0.150 e. The van der Waals surface area contributed by atoms with Gasteiger partial charge >= 0.3 is 0 Å². The van der Waals surface area contributed by atoms with E-state index < -0.39 is 9.84 Å². The summed E-state index contributed by atoms with van der Waals surface area (Å²) >= 11 is 0. The predicted octanol–water partition coefficient (Wildman–Crippen LogP) is 1.84. The summed E-state index contributed by atoms with van der Waals surface area (Å²) in [7, 11) is -2.75. The Hall–Kier alpha value is -0.0900. The first-order valence-electron chi connectivity index (χ1n) is 6.40. The third-order valence-electron chi connectivity index (χ3n) is 4.23. The highest BCUT2D eigenvalue weighted by molar-refractivity contribution is 7.91. The zero-order chi connectivity index (χ0) is 12.2. The zero-order valence-electron chi connectivity index (χ0n) is 10.8. The Bertz CT molecular complexity index is 307. The molecule has 1 unspecified atom stereocenters. The van der Waals surface area contributed by atoms with Crippen LogP contribution >= 0.6 is 0 Å². The number of nitrogens with one attached hydrogen (secondary N) is 1. The van der Waals surface area contributed by atoms with E-state index >= 15 is 0 Å². The molecule has 1 atom stereocenters. The van der Waals surface area contributed by atoms with E-state index in [0.29, 0.717) is 17.4 Å². The Balaban J connectivity index is 2.77. The van der Waals surface area contributed by atoms with E-state index in [1.807, 2.05) is 0 Å². The molecule has 4 heteroatoms. The van der Waals surface area contributed by atoms with Gasteiger partial charge in [-0.2, -0.15) is 0 Å². The van der Waals surface area contributed by atoms with Gasteiger partial charge in [0.2, 0.25) is 0 Å².